The van der Waals surface area contributed by atoms with Gasteiger partial charge in [0, 0.05) is 6.20 Å². The highest BCUT2D eigenvalue weighted by Gasteiger charge is 2.14. The highest BCUT2D eigenvalue weighted by atomic mass is 35.5. The van der Waals surface area contributed by atoms with Gasteiger partial charge >= 0.3 is 0 Å². The van der Waals surface area contributed by atoms with Crippen molar-refractivity contribution < 1.29 is 4.52 Å². The summed E-state index contributed by atoms with van der Waals surface area (Å²) < 4.78 is 5.04. The molecule has 0 radical (unpaired) electrons. The number of halogens is 1. The van der Waals surface area contributed by atoms with Gasteiger partial charge in [-0.1, -0.05) is 23.7 Å². The average molecular weight is 239 g/mol. The van der Waals surface area contributed by atoms with Crippen LogP contribution in [-0.2, 0) is 0 Å². The molecule has 1 unspecified atom stereocenters. The van der Waals surface area contributed by atoms with E-state index in [9.17, 15) is 0 Å². The van der Waals surface area contributed by atoms with Gasteiger partial charge in [0.05, 0.1) is 11.1 Å². The van der Waals surface area contributed by atoms with Crippen molar-refractivity contribution in [1.82, 2.24) is 15.1 Å². The van der Waals surface area contributed by atoms with Gasteiger partial charge in [-0.2, -0.15) is 4.98 Å². The first-order valence-electron chi connectivity index (χ1n) is 4.92. The van der Waals surface area contributed by atoms with Crippen molar-refractivity contribution >= 4 is 11.6 Å². The number of pyridine rings is 1. The second-order valence-corrected chi connectivity index (χ2v) is 3.77. The van der Waals surface area contributed by atoms with Crippen LogP contribution in [0.1, 0.15) is 25.3 Å². The lowest BCUT2D eigenvalue weighted by Gasteiger charge is -1.99. The molecule has 0 fully saturated rings. The third-order valence-corrected chi connectivity index (χ3v) is 2.38. The molecule has 0 aliphatic heterocycles. The summed E-state index contributed by atoms with van der Waals surface area (Å²) in [6, 6.07) is 3.22. The molecule has 1 atom stereocenters. The summed E-state index contributed by atoms with van der Waals surface area (Å²) in [6.45, 7) is 1.95. The molecule has 0 saturated carbocycles. The molecular weight excluding hydrogens is 228 g/mol. The van der Waals surface area contributed by atoms with Crippen molar-refractivity contribution in [1.29, 1.82) is 0 Å². The Morgan fingerprint density at radius 2 is 2.31 bits per heavy atom. The maximum absolute atomic E-state index is 5.77. The lowest BCUT2D eigenvalue weighted by atomic mass is 10.2. The fourth-order valence-corrected chi connectivity index (χ4v) is 1.28. The van der Waals surface area contributed by atoms with E-state index in [0.717, 1.165) is 6.42 Å². The molecule has 0 aromatic carbocycles. The summed E-state index contributed by atoms with van der Waals surface area (Å²) >= 11 is 5.73. The summed E-state index contributed by atoms with van der Waals surface area (Å²) in [4.78, 5) is 8.26. The Labute approximate surface area is 97.6 Å². The molecule has 5 nitrogen and oxygen atoms in total. The average Bonchev–Trinajstić information content (AvgIpc) is 2.78. The van der Waals surface area contributed by atoms with E-state index in [1.54, 1.807) is 12.1 Å². The second kappa shape index (κ2) is 4.59. The Balaban J connectivity index is 2.28. The zero-order valence-corrected chi connectivity index (χ0v) is 9.48. The molecule has 16 heavy (non-hydrogen) atoms. The minimum atomic E-state index is -0.228. The smallest absolute Gasteiger partial charge is 0.243 e. The van der Waals surface area contributed by atoms with Crippen LogP contribution in [0.4, 0.5) is 0 Å². The van der Waals surface area contributed by atoms with Crippen molar-refractivity contribution in [3.8, 4) is 11.5 Å². The Bertz CT molecular complexity index is 468. The van der Waals surface area contributed by atoms with Crippen molar-refractivity contribution in [2.24, 2.45) is 5.73 Å². The van der Waals surface area contributed by atoms with Gasteiger partial charge < -0.3 is 10.3 Å². The van der Waals surface area contributed by atoms with E-state index in [-0.39, 0.29) is 6.04 Å². The fourth-order valence-electron chi connectivity index (χ4n) is 1.17. The van der Waals surface area contributed by atoms with Crippen LogP contribution >= 0.6 is 11.6 Å². The number of nitrogens with two attached hydrogens (primary N) is 1. The molecule has 2 aromatic heterocycles. The number of nitrogens with zero attached hydrogens (tertiary/aromatic N) is 3. The van der Waals surface area contributed by atoms with Crippen LogP contribution in [0, 0.1) is 0 Å². The van der Waals surface area contributed by atoms with Gasteiger partial charge in [0.15, 0.2) is 0 Å². The van der Waals surface area contributed by atoms with E-state index in [2.05, 4.69) is 15.1 Å². The predicted octanol–water partition coefficient (Wildman–Crippen LogP) is 2.19. The fraction of sp³-hybridized carbons (Fsp3) is 0.300. The van der Waals surface area contributed by atoms with Crippen molar-refractivity contribution in [3.05, 3.63) is 29.2 Å². The van der Waals surface area contributed by atoms with E-state index < -0.39 is 0 Å². The van der Waals surface area contributed by atoms with Gasteiger partial charge in [0.25, 0.3) is 0 Å². The standard InChI is InChI=1S/C10H11ClN4O/c1-2-7(12)10-14-9(15-16-10)8-4-3-6(11)5-13-8/h3-5,7H,2,12H2,1H3. The summed E-state index contributed by atoms with van der Waals surface area (Å²) in [6.07, 6.45) is 2.28. The molecular formula is C10H11ClN4O. The third kappa shape index (κ3) is 2.20. The monoisotopic (exact) mass is 238 g/mol. The SMILES string of the molecule is CCC(N)c1nc(-c2ccc(Cl)cn2)no1. The zero-order chi connectivity index (χ0) is 11.5. The van der Waals surface area contributed by atoms with Crippen LogP contribution in [0.3, 0.4) is 0 Å². The maximum atomic E-state index is 5.77. The van der Waals surface area contributed by atoms with Gasteiger partial charge in [0.2, 0.25) is 11.7 Å². The summed E-state index contributed by atoms with van der Waals surface area (Å²) in [5, 5.41) is 4.38. The van der Waals surface area contributed by atoms with Crippen LogP contribution in [0.5, 0.6) is 0 Å². The zero-order valence-electron chi connectivity index (χ0n) is 8.72. The summed E-state index contributed by atoms with van der Waals surface area (Å²) in [5.74, 6) is 0.852. The highest BCUT2D eigenvalue weighted by Crippen LogP contribution is 2.18. The summed E-state index contributed by atoms with van der Waals surface area (Å²) in [7, 11) is 0. The van der Waals surface area contributed by atoms with Crippen molar-refractivity contribution in [2.45, 2.75) is 19.4 Å². The van der Waals surface area contributed by atoms with Gasteiger partial charge in [-0.3, -0.25) is 4.98 Å². The molecule has 2 N–H and O–H groups in total. The number of hydrogen-bond donors (Lipinski definition) is 1. The van der Waals surface area contributed by atoms with E-state index in [1.165, 1.54) is 6.20 Å². The topological polar surface area (TPSA) is 77.8 Å². The quantitative estimate of drug-likeness (QED) is 0.887. The van der Waals surface area contributed by atoms with Crippen LogP contribution in [0.2, 0.25) is 5.02 Å². The Hall–Kier alpha value is -1.46. The number of hydrogen-bond acceptors (Lipinski definition) is 5. The molecule has 0 aliphatic rings. The normalized spacial score (nSPS) is 12.7. The van der Waals surface area contributed by atoms with Crippen LogP contribution in [0.15, 0.2) is 22.9 Å². The van der Waals surface area contributed by atoms with Gasteiger partial charge in [0.1, 0.15) is 5.69 Å². The molecule has 2 heterocycles. The van der Waals surface area contributed by atoms with Gasteiger partial charge in [-0.05, 0) is 18.6 Å². The Kier molecular flexibility index (Phi) is 3.17. The Morgan fingerprint density at radius 1 is 1.50 bits per heavy atom. The molecule has 0 amide bonds. The van der Waals surface area contributed by atoms with Crippen molar-refractivity contribution in [3.63, 3.8) is 0 Å². The van der Waals surface area contributed by atoms with Crippen LogP contribution in [0.25, 0.3) is 11.5 Å². The molecule has 2 aromatic rings. The van der Waals surface area contributed by atoms with Crippen LogP contribution < -0.4 is 5.73 Å². The van der Waals surface area contributed by atoms with Crippen molar-refractivity contribution in [2.75, 3.05) is 0 Å². The van der Waals surface area contributed by atoms with E-state index in [1.807, 2.05) is 6.92 Å². The highest BCUT2D eigenvalue weighted by molar-refractivity contribution is 6.30. The Morgan fingerprint density at radius 3 is 2.94 bits per heavy atom. The van der Waals surface area contributed by atoms with E-state index >= 15 is 0 Å². The van der Waals surface area contributed by atoms with E-state index in [0.29, 0.717) is 22.4 Å². The second-order valence-electron chi connectivity index (χ2n) is 3.33. The minimum absolute atomic E-state index is 0.228. The molecule has 2 rings (SSSR count). The lowest BCUT2D eigenvalue weighted by Crippen LogP contribution is -2.08. The number of aromatic nitrogens is 3. The first kappa shape index (κ1) is 11.0. The third-order valence-electron chi connectivity index (χ3n) is 2.16. The van der Waals surface area contributed by atoms with E-state index in [4.69, 9.17) is 21.9 Å². The van der Waals surface area contributed by atoms with Crippen LogP contribution in [-0.4, -0.2) is 15.1 Å². The lowest BCUT2D eigenvalue weighted by molar-refractivity contribution is 0.352. The first-order chi connectivity index (χ1) is 7.70. The molecule has 0 bridgehead atoms. The van der Waals surface area contributed by atoms with Gasteiger partial charge in [-0.15, -0.1) is 0 Å². The molecule has 0 aliphatic carbocycles. The molecule has 6 heteroatoms. The predicted molar refractivity (Wildman–Crippen MR) is 59.8 cm³/mol. The summed E-state index contributed by atoms with van der Waals surface area (Å²) in [5.41, 5.74) is 6.39. The number of rotatable bonds is 3. The molecule has 84 valence electrons. The largest absolute Gasteiger partial charge is 0.337 e. The molecule has 0 saturated heterocycles. The first-order valence-corrected chi connectivity index (χ1v) is 5.29. The maximum Gasteiger partial charge on any atom is 0.243 e. The molecule has 0 spiro atoms. The van der Waals surface area contributed by atoms with Gasteiger partial charge in [-0.25, -0.2) is 0 Å². The minimum Gasteiger partial charge on any atom is -0.337 e.